The van der Waals surface area contributed by atoms with E-state index in [1.54, 1.807) is 31.2 Å². The number of carbonyl (C=O) groups excluding carboxylic acids is 1. The molecular weight excluding hydrogens is 292 g/mol. The number of amides is 2. The van der Waals surface area contributed by atoms with Crippen LogP contribution < -0.4 is 16.2 Å². The Morgan fingerprint density at radius 2 is 2.05 bits per heavy atom. The van der Waals surface area contributed by atoms with Gasteiger partial charge in [-0.3, -0.25) is 9.36 Å². The highest BCUT2D eigenvalue weighted by atomic mass is 35.5. The third kappa shape index (κ3) is 4.32. The maximum absolute atomic E-state index is 11.7. The molecule has 2 N–H and O–H groups in total. The number of aryl methyl sites for hydroxylation is 1. The number of carbonyl (C=O) groups is 1. The van der Waals surface area contributed by atoms with E-state index in [0.29, 0.717) is 29.4 Å². The number of nitrogens with one attached hydrogen (secondary N) is 2. The van der Waals surface area contributed by atoms with Gasteiger partial charge in [0.25, 0.3) is 5.56 Å². The van der Waals surface area contributed by atoms with Crippen LogP contribution in [0.2, 0.25) is 5.02 Å². The second-order valence-electron chi connectivity index (χ2n) is 4.46. The molecule has 0 fully saturated rings. The van der Waals surface area contributed by atoms with Crippen LogP contribution in [-0.2, 0) is 6.54 Å². The summed E-state index contributed by atoms with van der Waals surface area (Å²) >= 11 is 5.76. The predicted molar refractivity (Wildman–Crippen MR) is 81.7 cm³/mol. The van der Waals surface area contributed by atoms with E-state index in [2.05, 4.69) is 15.6 Å². The summed E-state index contributed by atoms with van der Waals surface area (Å²) in [6.45, 7) is 2.39. The Hall–Kier alpha value is -2.34. The first kappa shape index (κ1) is 15.1. The van der Waals surface area contributed by atoms with Gasteiger partial charge in [0.2, 0.25) is 0 Å². The summed E-state index contributed by atoms with van der Waals surface area (Å²) in [6.07, 6.45) is 2.97. The van der Waals surface area contributed by atoms with Crippen molar-refractivity contribution < 1.29 is 4.79 Å². The molecule has 0 bridgehead atoms. The minimum absolute atomic E-state index is 0.107. The third-order valence-corrected chi connectivity index (χ3v) is 3.06. The summed E-state index contributed by atoms with van der Waals surface area (Å²) in [5.74, 6) is 0. The molecule has 1 heterocycles. The van der Waals surface area contributed by atoms with E-state index in [4.69, 9.17) is 11.6 Å². The van der Waals surface area contributed by atoms with Crippen molar-refractivity contribution >= 4 is 23.3 Å². The summed E-state index contributed by atoms with van der Waals surface area (Å²) in [5, 5.41) is 5.94. The molecule has 0 spiro atoms. The summed E-state index contributed by atoms with van der Waals surface area (Å²) in [7, 11) is 0. The highest BCUT2D eigenvalue weighted by molar-refractivity contribution is 6.30. The molecule has 2 aromatic rings. The summed E-state index contributed by atoms with van der Waals surface area (Å²) < 4.78 is 1.46. The van der Waals surface area contributed by atoms with Crippen LogP contribution in [0.3, 0.4) is 0 Å². The number of halogens is 1. The van der Waals surface area contributed by atoms with Crippen LogP contribution in [0.15, 0.2) is 41.6 Å². The zero-order chi connectivity index (χ0) is 15.2. The van der Waals surface area contributed by atoms with Crippen molar-refractivity contribution in [3.8, 4) is 0 Å². The molecule has 0 saturated heterocycles. The number of urea groups is 1. The molecule has 6 nitrogen and oxygen atoms in total. The van der Waals surface area contributed by atoms with E-state index in [9.17, 15) is 9.59 Å². The molecule has 21 heavy (non-hydrogen) atoms. The molecule has 2 amide bonds. The minimum Gasteiger partial charge on any atom is -0.336 e. The van der Waals surface area contributed by atoms with E-state index in [1.807, 2.05) is 0 Å². The third-order valence-electron chi connectivity index (χ3n) is 2.81. The first-order chi connectivity index (χ1) is 10.1. The van der Waals surface area contributed by atoms with Crippen molar-refractivity contribution in [1.82, 2.24) is 14.9 Å². The molecule has 7 heteroatoms. The highest BCUT2D eigenvalue weighted by Gasteiger charge is 2.03. The number of benzene rings is 1. The van der Waals surface area contributed by atoms with E-state index >= 15 is 0 Å². The highest BCUT2D eigenvalue weighted by Crippen LogP contribution is 2.12. The predicted octanol–water partition coefficient (Wildman–Crippen LogP) is 2.03. The molecule has 110 valence electrons. The molecule has 0 aliphatic carbocycles. The van der Waals surface area contributed by atoms with Crippen LogP contribution in [0.1, 0.15) is 5.56 Å². The van der Waals surface area contributed by atoms with Crippen LogP contribution in [0.5, 0.6) is 0 Å². The van der Waals surface area contributed by atoms with Gasteiger partial charge in [0.15, 0.2) is 0 Å². The van der Waals surface area contributed by atoms with E-state index in [1.165, 1.54) is 17.1 Å². The van der Waals surface area contributed by atoms with Gasteiger partial charge in [-0.2, -0.15) is 0 Å². The number of nitrogens with zero attached hydrogens (tertiary/aromatic N) is 2. The topological polar surface area (TPSA) is 76.0 Å². The minimum atomic E-state index is -0.342. The molecule has 0 aliphatic heterocycles. The lowest BCUT2D eigenvalue weighted by molar-refractivity contribution is 0.251. The Morgan fingerprint density at radius 3 is 2.76 bits per heavy atom. The van der Waals surface area contributed by atoms with Crippen molar-refractivity contribution in [2.45, 2.75) is 13.5 Å². The van der Waals surface area contributed by atoms with Gasteiger partial charge in [-0.05, 0) is 31.2 Å². The largest absolute Gasteiger partial charge is 0.336 e. The first-order valence-electron chi connectivity index (χ1n) is 6.38. The fourth-order valence-electron chi connectivity index (χ4n) is 1.72. The molecule has 0 atom stereocenters. The maximum atomic E-state index is 11.7. The average Bonchev–Trinajstić information content (AvgIpc) is 2.46. The first-order valence-corrected chi connectivity index (χ1v) is 6.75. The van der Waals surface area contributed by atoms with Crippen molar-refractivity contribution in [2.24, 2.45) is 0 Å². The van der Waals surface area contributed by atoms with Crippen LogP contribution in [0.4, 0.5) is 10.5 Å². The van der Waals surface area contributed by atoms with Crippen LogP contribution >= 0.6 is 11.6 Å². The van der Waals surface area contributed by atoms with Gasteiger partial charge in [-0.25, -0.2) is 9.78 Å². The summed E-state index contributed by atoms with van der Waals surface area (Å²) in [4.78, 5) is 27.4. The SMILES string of the molecule is Cc1cncn(CCNC(=O)Nc2ccc(Cl)cc2)c1=O. The van der Waals surface area contributed by atoms with Gasteiger partial charge >= 0.3 is 6.03 Å². The zero-order valence-electron chi connectivity index (χ0n) is 11.5. The molecule has 0 unspecified atom stereocenters. The summed E-state index contributed by atoms with van der Waals surface area (Å²) in [6, 6.07) is 6.45. The van der Waals surface area contributed by atoms with E-state index in [0.717, 1.165) is 0 Å². The quantitative estimate of drug-likeness (QED) is 0.907. The van der Waals surface area contributed by atoms with Gasteiger partial charge < -0.3 is 10.6 Å². The van der Waals surface area contributed by atoms with Crippen molar-refractivity contribution in [3.05, 3.63) is 57.7 Å². The van der Waals surface area contributed by atoms with Crippen molar-refractivity contribution in [3.63, 3.8) is 0 Å². The Kier molecular flexibility index (Phi) is 4.94. The van der Waals surface area contributed by atoms with Gasteiger partial charge in [0.1, 0.15) is 0 Å². The van der Waals surface area contributed by atoms with Crippen molar-refractivity contribution in [2.75, 3.05) is 11.9 Å². The molecule has 2 rings (SSSR count). The van der Waals surface area contributed by atoms with E-state index < -0.39 is 0 Å². The van der Waals surface area contributed by atoms with Gasteiger partial charge in [-0.15, -0.1) is 0 Å². The fourth-order valence-corrected chi connectivity index (χ4v) is 1.84. The number of aromatic nitrogens is 2. The van der Waals surface area contributed by atoms with Crippen molar-refractivity contribution in [1.29, 1.82) is 0 Å². The zero-order valence-corrected chi connectivity index (χ0v) is 12.2. The van der Waals surface area contributed by atoms with Crippen LogP contribution in [0.25, 0.3) is 0 Å². The Balaban J connectivity index is 1.83. The number of hydrogen-bond donors (Lipinski definition) is 2. The summed E-state index contributed by atoms with van der Waals surface area (Å²) in [5.41, 5.74) is 1.11. The Morgan fingerprint density at radius 1 is 1.33 bits per heavy atom. The molecule has 1 aromatic heterocycles. The lowest BCUT2D eigenvalue weighted by atomic mass is 10.3. The lowest BCUT2D eigenvalue weighted by Crippen LogP contribution is -2.34. The smallest absolute Gasteiger partial charge is 0.319 e. The van der Waals surface area contributed by atoms with E-state index in [-0.39, 0.29) is 11.6 Å². The maximum Gasteiger partial charge on any atom is 0.319 e. The van der Waals surface area contributed by atoms with Gasteiger partial charge in [-0.1, -0.05) is 11.6 Å². The average molecular weight is 307 g/mol. The number of hydrogen-bond acceptors (Lipinski definition) is 3. The monoisotopic (exact) mass is 306 g/mol. The standard InChI is InChI=1S/C14H15ClN4O2/c1-10-8-16-9-19(13(10)20)7-6-17-14(21)18-12-4-2-11(15)3-5-12/h2-5,8-9H,6-7H2,1H3,(H2,17,18,21). The fraction of sp³-hybridized carbons (Fsp3) is 0.214. The normalized spacial score (nSPS) is 10.2. The van der Waals surface area contributed by atoms with Crippen LogP contribution in [0, 0.1) is 6.92 Å². The molecule has 0 saturated carbocycles. The number of rotatable bonds is 4. The number of anilines is 1. The van der Waals surface area contributed by atoms with Gasteiger partial charge in [0, 0.05) is 35.6 Å². The van der Waals surface area contributed by atoms with Crippen LogP contribution in [-0.4, -0.2) is 22.1 Å². The second-order valence-corrected chi connectivity index (χ2v) is 4.90. The molecule has 1 aromatic carbocycles. The second kappa shape index (κ2) is 6.90. The Bertz CT molecular complexity index is 682. The molecule has 0 radical (unpaired) electrons. The lowest BCUT2D eigenvalue weighted by Gasteiger charge is -2.09. The molecular formula is C14H15ClN4O2. The molecule has 0 aliphatic rings. The van der Waals surface area contributed by atoms with Gasteiger partial charge in [0.05, 0.1) is 6.33 Å². The Labute approximate surface area is 126 Å².